The minimum absolute atomic E-state index is 0.0432. The second-order valence-corrected chi connectivity index (χ2v) is 32.1. The van der Waals surface area contributed by atoms with Gasteiger partial charge >= 0.3 is 5.69 Å². The molecule has 7 aromatic rings. The normalized spacial score (nSPS) is 26.2. The van der Waals surface area contributed by atoms with Gasteiger partial charge in [-0.25, -0.2) is 10.3 Å². The Hall–Kier alpha value is -11.1. The molecule has 8 heterocycles. The SMILES string of the molecule is CNC(CC(C)C)C(=O)NC1C(=O)NC(CC(N)=O)C(=O)NC2C(=O)NC3C(=O)NC(C(=O)NC(C(=O)NO)c4cc(O)cc(O)c4-c4cc3ccc4O)C(O)c3ccc(c(Cl)c3)Oc3cc2cc(c3OC2OC(CO)C(O)C(O)C2OC2CC(C)(NCCn3ccc(NC(=O)Cc4ccc(Cl)c(Cl)c4)nc3=O)C(O)C(C)O2)Oc2ccc(cc2Cl)C1O. The van der Waals surface area contributed by atoms with E-state index in [1.165, 1.54) is 60.5 Å². The predicted molar refractivity (Wildman–Crippen MR) is 433 cm³/mol. The lowest BCUT2D eigenvalue weighted by Crippen LogP contribution is -2.65. The van der Waals surface area contributed by atoms with Crippen LogP contribution in [0.2, 0.25) is 20.1 Å². The smallest absolute Gasteiger partial charge is 0.349 e. The number of phenols is 3. The van der Waals surface area contributed by atoms with Crippen LogP contribution in [0.5, 0.6) is 46.0 Å². The molecule has 0 spiro atoms. The number of aromatic nitrogens is 2. The average Bonchev–Trinajstić information content (AvgIpc) is 0.757. The monoisotopic (exact) mass is 1790 g/mol. The summed E-state index contributed by atoms with van der Waals surface area (Å²) in [7, 11) is 1.46. The molecule has 0 saturated carbocycles. The van der Waals surface area contributed by atoms with Crippen LogP contribution in [0, 0.1) is 5.92 Å². The number of rotatable bonds is 20. The number of phenolic OH excluding ortho intramolecular Hbond substituents is 3. The maximum absolute atomic E-state index is 16.3. The number of aromatic hydroxyl groups is 3. The van der Waals surface area contributed by atoms with E-state index in [1.807, 2.05) is 0 Å². The number of hydroxylamine groups is 1. The number of nitrogens with two attached hydrogens (primary N) is 1. The molecular weight excluding hydrogens is 1700 g/mol. The molecule has 9 amide bonds. The Balaban J connectivity index is 0.995. The zero-order valence-electron chi connectivity index (χ0n) is 65.7. The van der Waals surface area contributed by atoms with Gasteiger partial charge in [-0.2, -0.15) is 4.98 Å². The minimum atomic E-state index is -2.40. The van der Waals surface area contributed by atoms with Crippen molar-refractivity contribution in [3.05, 3.63) is 173 Å². The number of ether oxygens (including phenoxy) is 6. The van der Waals surface area contributed by atoms with Gasteiger partial charge in [0.2, 0.25) is 59.3 Å². The molecule has 123 heavy (non-hydrogen) atoms. The number of aliphatic hydroxyl groups excluding tert-OH is 6. The van der Waals surface area contributed by atoms with Gasteiger partial charge in [-0.3, -0.25) is 52.9 Å². The lowest BCUT2D eigenvalue weighted by molar-refractivity contribution is -0.334. The lowest BCUT2D eigenvalue weighted by Gasteiger charge is -2.48. The van der Waals surface area contributed by atoms with Crippen LogP contribution in [0.4, 0.5) is 5.82 Å². The predicted octanol–water partition coefficient (Wildman–Crippen LogP) is 1.90. The van der Waals surface area contributed by atoms with Crippen LogP contribution in [-0.4, -0.2) is 213 Å². The molecule has 11 bridgehead atoms. The maximum Gasteiger partial charge on any atom is 0.349 e. The largest absolute Gasteiger partial charge is 0.508 e. The van der Waals surface area contributed by atoms with E-state index in [0.717, 1.165) is 66.7 Å². The number of halogens is 4. The second kappa shape index (κ2) is 38.4. The fourth-order valence-electron chi connectivity index (χ4n) is 14.9. The number of carbonyl (C=O) groups excluding carboxylic acids is 9. The Morgan fingerprint density at radius 3 is 1.98 bits per heavy atom. The minimum Gasteiger partial charge on any atom is -0.508 e. The molecule has 2 fully saturated rings. The zero-order valence-corrected chi connectivity index (χ0v) is 68.7. The lowest BCUT2D eigenvalue weighted by atomic mass is 9.85. The first-order valence-electron chi connectivity index (χ1n) is 38.3. The van der Waals surface area contributed by atoms with Crippen LogP contribution in [0.1, 0.15) is 111 Å². The summed E-state index contributed by atoms with van der Waals surface area (Å²) in [5.41, 5.74) is 2.58. The zero-order chi connectivity index (χ0) is 89.1. The molecule has 0 aliphatic carbocycles. The molecule has 2 saturated heterocycles. The number of amides is 9. The third-order valence-corrected chi connectivity index (χ3v) is 22.6. The molecule has 39 nitrogen and oxygen atoms in total. The fourth-order valence-corrected chi connectivity index (χ4v) is 15.6. The first-order chi connectivity index (χ1) is 58.3. The van der Waals surface area contributed by atoms with Crippen molar-refractivity contribution in [2.75, 3.05) is 25.5 Å². The highest BCUT2D eigenvalue weighted by Gasteiger charge is 2.52. The molecule has 7 aliphatic heterocycles. The third-order valence-electron chi connectivity index (χ3n) is 21.2. The highest BCUT2D eigenvalue weighted by molar-refractivity contribution is 6.42. The van der Waals surface area contributed by atoms with E-state index in [2.05, 4.69) is 52.8 Å². The standard InChI is InChI=1S/C80H87Cl4N13O26/c1-31(2)18-45(86-5)71(109)94-62-64(104)35-8-12-49(43(83)22-35)119-51-24-37-25-52(68(51)123-78-69(67(107)66(106)53(30-98)121-78)122-57-29-80(4,70(108)32(3)118-57)87-15-17-97-16-14-55(90-79(97)116)89-56(103)20-33-6-10-41(81)42(82)19-33)120-50-13-9-36(23-44(50)84)65(105)63-76(114)93-61(77(115)96-117)40-26-38(99)27-48(101)58(40)39-21-34(7-11-47(39)100)59(73(111)95-63)92-74(112)60(37)91-72(110)46(28-54(85)102)88-75(62)113/h6-14,16,19,21-27,31-32,45-46,53,57,59-67,69-70,78,86-87,98-101,104-108,117H,15,17-18,20,28-30H2,1-5H3,(H2,85,102)(H,88,113)(H,91,110)(H,92,112)(H,93,114)(H,94,109)(H,95,111)(H,96,115)(H,89,90,103,116). The average molecular weight is 1790 g/mol. The summed E-state index contributed by atoms with van der Waals surface area (Å²) < 4.78 is 40.5. The van der Waals surface area contributed by atoms with E-state index in [-0.39, 0.29) is 76.6 Å². The van der Waals surface area contributed by atoms with Crippen molar-refractivity contribution in [3.8, 4) is 57.1 Å². The summed E-state index contributed by atoms with van der Waals surface area (Å²) in [4.78, 5) is 149. The number of hydrogen-bond donors (Lipinski definition) is 21. The van der Waals surface area contributed by atoms with E-state index < -0.39 is 254 Å². The topological polar surface area (TPSA) is 593 Å². The van der Waals surface area contributed by atoms with Gasteiger partial charge in [-0.15, -0.1) is 0 Å². The van der Waals surface area contributed by atoms with Crippen LogP contribution in [0.25, 0.3) is 11.1 Å². The van der Waals surface area contributed by atoms with Crippen molar-refractivity contribution in [1.82, 2.24) is 57.6 Å². The van der Waals surface area contributed by atoms with Gasteiger partial charge < -0.3 is 128 Å². The molecule has 7 aliphatic rings. The number of carbonyl (C=O) groups is 9. The molecule has 0 radical (unpaired) electrons. The Morgan fingerprint density at radius 2 is 1.35 bits per heavy atom. The highest BCUT2D eigenvalue weighted by Crippen LogP contribution is 2.50. The van der Waals surface area contributed by atoms with Crippen molar-refractivity contribution in [1.29, 1.82) is 0 Å². The number of hydrogen-bond acceptors (Lipinski definition) is 29. The van der Waals surface area contributed by atoms with Gasteiger partial charge in [-0.05, 0) is 139 Å². The van der Waals surface area contributed by atoms with Crippen molar-refractivity contribution in [2.45, 2.75) is 169 Å². The Bertz CT molecular complexity index is 5330. The summed E-state index contributed by atoms with van der Waals surface area (Å²) >= 11 is 26.5. The summed E-state index contributed by atoms with van der Waals surface area (Å²) in [6.07, 6.45) is -18.3. The number of primary amides is 1. The van der Waals surface area contributed by atoms with Crippen molar-refractivity contribution >= 4 is 105 Å². The Kier molecular flexibility index (Phi) is 28.4. The number of nitrogens with one attached hydrogen (secondary N) is 10. The number of fused-ring (bicyclic) bond motifs is 15. The van der Waals surface area contributed by atoms with E-state index in [1.54, 1.807) is 26.8 Å². The number of aliphatic hydroxyl groups is 6. The van der Waals surface area contributed by atoms with E-state index >= 15 is 19.2 Å². The fraction of sp³-hybridized carbons (Fsp3) is 0.388. The molecule has 18 unspecified atom stereocenters. The first kappa shape index (κ1) is 91.1. The molecule has 14 rings (SSSR count). The van der Waals surface area contributed by atoms with Crippen LogP contribution in [-0.2, 0) is 70.3 Å². The van der Waals surface area contributed by atoms with E-state index in [0.29, 0.717) is 5.56 Å². The molecule has 1 aromatic heterocycles. The van der Waals surface area contributed by atoms with Crippen molar-refractivity contribution in [3.63, 3.8) is 0 Å². The quantitative estimate of drug-likeness (QED) is 0.0383. The number of benzene rings is 6. The summed E-state index contributed by atoms with van der Waals surface area (Å²) in [6.45, 7) is 5.56. The van der Waals surface area contributed by atoms with Gasteiger partial charge in [0.25, 0.3) is 5.91 Å². The summed E-state index contributed by atoms with van der Waals surface area (Å²) in [6, 6.07) is 5.07. The molecule has 656 valence electrons. The Labute approximate surface area is 718 Å². The summed E-state index contributed by atoms with van der Waals surface area (Å²) in [5.74, 6) is -16.6. The van der Waals surface area contributed by atoms with Crippen molar-refractivity contribution < 1.29 is 123 Å². The van der Waals surface area contributed by atoms with Crippen LogP contribution < -0.4 is 79.0 Å². The second-order valence-electron chi connectivity index (χ2n) is 30.5. The summed E-state index contributed by atoms with van der Waals surface area (Å²) in [5, 5.41) is 139. The van der Waals surface area contributed by atoms with E-state index in [4.69, 9.17) is 80.6 Å². The third kappa shape index (κ3) is 20.4. The van der Waals surface area contributed by atoms with Crippen molar-refractivity contribution in [2.24, 2.45) is 11.7 Å². The van der Waals surface area contributed by atoms with Gasteiger partial charge in [0.1, 0.15) is 101 Å². The first-order valence-corrected chi connectivity index (χ1v) is 39.8. The molecule has 6 aromatic carbocycles. The van der Waals surface area contributed by atoms with Gasteiger partial charge in [0.05, 0.1) is 57.8 Å². The van der Waals surface area contributed by atoms with Crippen LogP contribution in [0.3, 0.4) is 0 Å². The number of nitrogens with zero attached hydrogens (tertiary/aromatic N) is 2. The van der Waals surface area contributed by atoms with E-state index in [9.17, 15) is 79.9 Å². The van der Waals surface area contributed by atoms with Gasteiger partial charge in [-0.1, -0.05) is 84.5 Å². The molecular formula is C80H87Cl4N13O26. The van der Waals surface area contributed by atoms with Crippen LogP contribution >= 0.6 is 46.4 Å². The molecule has 43 heteroatoms. The van der Waals surface area contributed by atoms with Gasteiger partial charge in [0.15, 0.2) is 23.9 Å². The molecule has 22 N–H and O–H groups in total. The Morgan fingerprint density at radius 1 is 0.699 bits per heavy atom. The van der Waals surface area contributed by atoms with Crippen LogP contribution in [0.15, 0.2) is 114 Å². The number of anilines is 1. The van der Waals surface area contributed by atoms with Gasteiger partial charge in [0, 0.05) is 48.4 Å². The highest BCUT2D eigenvalue weighted by atomic mass is 35.5. The number of likely N-dealkylation sites (N-methyl/N-ethyl adjacent to an activating group) is 1. The molecule has 18 atom stereocenters. The maximum atomic E-state index is 16.3.